The van der Waals surface area contributed by atoms with Crippen molar-refractivity contribution in [3.8, 4) is 17.1 Å². The molecular formula is C18H17FN2O3. The summed E-state index contributed by atoms with van der Waals surface area (Å²) in [6.45, 7) is 3.50. The molecule has 3 aromatic rings. The van der Waals surface area contributed by atoms with Crippen molar-refractivity contribution in [1.82, 2.24) is 9.55 Å². The van der Waals surface area contributed by atoms with E-state index in [0.29, 0.717) is 16.8 Å². The van der Waals surface area contributed by atoms with Gasteiger partial charge >= 0.3 is 6.09 Å². The Labute approximate surface area is 138 Å². The lowest BCUT2D eigenvalue weighted by atomic mass is 10.2. The predicted octanol–water partition coefficient (Wildman–Crippen LogP) is 4.24. The summed E-state index contributed by atoms with van der Waals surface area (Å²) in [6, 6.07) is 11.4. The van der Waals surface area contributed by atoms with Crippen LogP contribution in [0, 0.1) is 5.82 Å². The van der Waals surface area contributed by atoms with Crippen molar-refractivity contribution in [3.05, 3.63) is 48.3 Å². The van der Waals surface area contributed by atoms with Gasteiger partial charge in [-0.15, -0.1) is 0 Å². The molecule has 0 aliphatic rings. The topological polar surface area (TPSA) is 53.4 Å². The first kappa shape index (κ1) is 16.0. The Bertz CT molecular complexity index is 902. The van der Waals surface area contributed by atoms with Crippen LogP contribution in [-0.2, 0) is 4.74 Å². The number of para-hydroxylation sites is 1. The number of nitrogens with zero attached hydrogens (tertiary/aromatic N) is 2. The molecule has 0 unspecified atom stereocenters. The fourth-order valence-corrected chi connectivity index (χ4v) is 2.50. The fourth-order valence-electron chi connectivity index (χ4n) is 2.50. The highest BCUT2D eigenvalue weighted by atomic mass is 19.1. The van der Waals surface area contributed by atoms with Crippen molar-refractivity contribution >= 4 is 17.1 Å². The van der Waals surface area contributed by atoms with Crippen LogP contribution in [0.5, 0.6) is 5.75 Å². The van der Waals surface area contributed by atoms with Gasteiger partial charge in [-0.2, -0.15) is 0 Å². The number of fused-ring (bicyclic) bond motifs is 1. The molecule has 1 aromatic heterocycles. The van der Waals surface area contributed by atoms with E-state index in [1.807, 2.05) is 0 Å². The standard InChI is InChI=1S/C18H17FN2O3/c1-11(2)24-18(22)21-14-9-6-10-15(23-3)16(14)20-17(21)12-7-4-5-8-13(12)19/h4-11H,1-3H3. The summed E-state index contributed by atoms with van der Waals surface area (Å²) in [4.78, 5) is 17.0. The normalized spacial score (nSPS) is 11.0. The third-order valence-corrected chi connectivity index (χ3v) is 3.50. The van der Waals surface area contributed by atoms with E-state index in [0.717, 1.165) is 0 Å². The Balaban J connectivity index is 2.31. The lowest BCUT2D eigenvalue weighted by Gasteiger charge is -2.11. The third kappa shape index (κ3) is 2.71. The number of hydrogen-bond acceptors (Lipinski definition) is 4. The number of ether oxygens (including phenoxy) is 2. The molecule has 0 spiro atoms. The molecule has 0 bridgehead atoms. The Morgan fingerprint density at radius 2 is 1.92 bits per heavy atom. The summed E-state index contributed by atoms with van der Waals surface area (Å²) in [5.74, 6) is 0.213. The molecule has 24 heavy (non-hydrogen) atoms. The van der Waals surface area contributed by atoms with E-state index in [1.54, 1.807) is 50.2 Å². The SMILES string of the molecule is COc1cccc2c1nc(-c1ccccc1F)n2C(=O)OC(C)C. The van der Waals surface area contributed by atoms with Gasteiger partial charge in [0.05, 0.1) is 24.3 Å². The summed E-state index contributed by atoms with van der Waals surface area (Å²) >= 11 is 0. The Kier molecular flexibility index (Phi) is 4.20. The zero-order valence-corrected chi connectivity index (χ0v) is 13.6. The zero-order valence-electron chi connectivity index (χ0n) is 13.6. The minimum atomic E-state index is -0.612. The average Bonchev–Trinajstić information content (AvgIpc) is 2.93. The highest BCUT2D eigenvalue weighted by molar-refractivity contribution is 5.94. The van der Waals surface area contributed by atoms with Gasteiger partial charge in [-0.1, -0.05) is 18.2 Å². The Morgan fingerprint density at radius 3 is 2.58 bits per heavy atom. The van der Waals surface area contributed by atoms with Crippen molar-refractivity contribution in [2.24, 2.45) is 0 Å². The molecule has 2 aromatic carbocycles. The number of hydrogen-bond donors (Lipinski definition) is 0. The van der Waals surface area contributed by atoms with Gasteiger partial charge in [0.15, 0.2) is 5.82 Å². The summed E-state index contributed by atoms with van der Waals surface area (Å²) in [5, 5.41) is 0. The predicted molar refractivity (Wildman–Crippen MR) is 88.7 cm³/mol. The van der Waals surface area contributed by atoms with Gasteiger partial charge in [-0.05, 0) is 38.1 Å². The molecule has 124 valence electrons. The van der Waals surface area contributed by atoms with E-state index >= 15 is 0 Å². The van der Waals surface area contributed by atoms with Crippen molar-refractivity contribution in [1.29, 1.82) is 0 Å². The van der Waals surface area contributed by atoms with Gasteiger partial charge in [0.2, 0.25) is 0 Å². The van der Waals surface area contributed by atoms with E-state index in [4.69, 9.17) is 9.47 Å². The van der Waals surface area contributed by atoms with Crippen LogP contribution in [0.25, 0.3) is 22.4 Å². The van der Waals surface area contributed by atoms with Crippen molar-refractivity contribution in [2.45, 2.75) is 20.0 Å². The van der Waals surface area contributed by atoms with E-state index in [2.05, 4.69) is 4.98 Å². The second-order valence-electron chi connectivity index (χ2n) is 5.51. The molecule has 0 saturated heterocycles. The van der Waals surface area contributed by atoms with E-state index < -0.39 is 11.9 Å². The molecule has 0 atom stereocenters. The van der Waals surface area contributed by atoms with Gasteiger partial charge < -0.3 is 9.47 Å². The van der Waals surface area contributed by atoms with Crippen LogP contribution in [0.4, 0.5) is 9.18 Å². The molecule has 0 fully saturated rings. The number of imidazole rings is 1. The molecule has 3 rings (SSSR count). The van der Waals surface area contributed by atoms with Crippen LogP contribution in [0.1, 0.15) is 13.8 Å². The fraction of sp³-hybridized carbons (Fsp3) is 0.222. The highest BCUT2D eigenvalue weighted by Gasteiger charge is 2.23. The number of halogens is 1. The van der Waals surface area contributed by atoms with Crippen LogP contribution in [-0.4, -0.2) is 28.9 Å². The summed E-state index contributed by atoms with van der Waals surface area (Å²) in [5.41, 5.74) is 1.19. The largest absolute Gasteiger partial charge is 0.494 e. The molecule has 0 radical (unpaired) electrons. The van der Waals surface area contributed by atoms with Gasteiger partial charge in [0.25, 0.3) is 0 Å². The van der Waals surface area contributed by atoms with Crippen LogP contribution < -0.4 is 4.74 Å². The van der Waals surface area contributed by atoms with Crippen LogP contribution >= 0.6 is 0 Å². The molecule has 0 aliphatic carbocycles. The summed E-state index contributed by atoms with van der Waals surface area (Å²) < 4.78 is 26.1. The van der Waals surface area contributed by atoms with Crippen molar-refractivity contribution in [2.75, 3.05) is 7.11 Å². The van der Waals surface area contributed by atoms with Crippen molar-refractivity contribution < 1.29 is 18.7 Å². The Morgan fingerprint density at radius 1 is 1.17 bits per heavy atom. The third-order valence-electron chi connectivity index (χ3n) is 3.50. The van der Waals surface area contributed by atoms with Gasteiger partial charge in [-0.3, -0.25) is 0 Å². The van der Waals surface area contributed by atoms with E-state index in [-0.39, 0.29) is 17.5 Å². The number of carbonyl (C=O) groups excluding carboxylic acids is 1. The minimum Gasteiger partial charge on any atom is -0.494 e. The van der Waals surface area contributed by atoms with Crippen molar-refractivity contribution in [3.63, 3.8) is 0 Å². The average molecular weight is 328 g/mol. The minimum absolute atomic E-state index is 0.179. The molecule has 0 aliphatic heterocycles. The molecular weight excluding hydrogens is 311 g/mol. The van der Waals surface area contributed by atoms with Crippen LogP contribution in [0.3, 0.4) is 0 Å². The smallest absolute Gasteiger partial charge is 0.420 e. The maximum Gasteiger partial charge on any atom is 0.420 e. The summed E-state index contributed by atoms with van der Waals surface area (Å²) in [6.07, 6.45) is -0.923. The van der Waals surface area contributed by atoms with Crippen LogP contribution in [0.2, 0.25) is 0 Å². The maximum atomic E-state index is 14.3. The van der Waals surface area contributed by atoms with Gasteiger partial charge in [0.1, 0.15) is 17.1 Å². The lowest BCUT2D eigenvalue weighted by Crippen LogP contribution is -2.19. The number of rotatable bonds is 3. The molecule has 0 N–H and O–H groups in total. The van der Waals surface area contributed by atoms with E-state index in [9.17, 15) is 9.18 Å². The first-order chi connectivity index (χ1) is 11.5. The second kappa shape index (κ2) is 6.31. The number of aromatic nitrogens is 2. The first-order valence-electron chi connectivity index (χ1n) is 7.54. The maximum absolute atomic E-state index is 14.3. The number of benzene rings is 2. The van der Waals surface area contributed by atoms with Gasteiger partial charge in [-0.25, -0.2) is 18.7 Å². The lowest BCUT2D eigenvalue weighted by molar-refractivity contribution is 0.118. The molecule has 6 heteroatoms. The molecule has 5 nitrogen and oxygen atoms in total. The molecule has 1 heterocycles. The Hall–Kier alpha value is -2.89. The quantitative estimate of drug-likeness (QED) is 0.721. The second-order valence-corrected chi connectivity index (χ2v) is 5.51. The molecule has 0 amide bonds. The van der Waals surface area contributed by atoms with Crippen LogP contribution in [0.15, 0.2) is 42.5 Å². The number of carbonyl (C=O) groups is 1. The van der Waals surface area contributed by atoms with Gasteiger partial charge in [0, 0.05) is 0 Å². The summed E-state index contributed by atoms with van der Waals surface area (Å²) in [7, 11) is 1.52. The number of methoxy groups -OCH3 is 1. The zero-order chi connectivity index (χ0) is 17.3. The highest BCUT2D eigenvalue weighted by Crippen LogP contribution is 2.31. The first-order valence-corrected chi connectivity index (χ1v) is 7.54. The van der Waals surface area contributed by atoms with E-state index in [1.165, 1.54) is 17.7 Å². The monoisotopic (exact) mass is 328 g/mol. The molecule has 0 saturated carbocycles.